The molecule has 2 saturated heterocycles. The lowest BCUT2D eigenvalue weighted by Crippen LogP contribution is -2.71. The van der Waals surface area contributed by atoms with Crippen LogP contribution >= 0.6 is 23.1 Å². The molecule has 2 amide bonds. The number of nitrogens with two attached hydrogens (primary N) is 1. The Labute approximate surface area is 185 Å². The molecule has 0 aromatic carbocycles. The van der Waals surface area contributed by atoms with Gasteiger partial charge in [0.15, 0.2) is 10.8 Å². The first kappa shape index (κ1) is 21.5. The Balaban J connectivity index is 1.53. The largest absolute Gasteiger partial charge is 0.477 e. The fourth-order valence-electron chi connectivity index (χ4n) is 3.65. The molecule has 4 heterocycles. The highest BCUT2D eigenvalue weighted by atomic mass is 32.2. The minimum absolute atomic E-state index is 0.0717. The van der Waals surface area contributed by atoms with Crippen molar-refractivity contribution < 1.29 is 29.2 Å². The van der Waals surface area contributed by atoms with Gasteiger partial charge in [0.25, 0.3) is 11.8 Å². The van der Waals surface area contributed by atoms with E-state index in [0.29, 0.717) is 24.3 Å². The van der Waals surface area contributed by atoms with Gasteiger partial charge < -0.3 is 21.0 Å². The topological polar surface area (TPSA) is 160 Å². The number of fused-ring (bicyclic) bond motifs is 1. The van der Waals surface area contributed by atoms with Crippen molar-refractivity contribution in [3.05, 3.63) is 22.3 Å². The molecule has 3 aliphatic rings. The van der Waals surface area contributed by atoms with E-state index in [9.17, 15) is 19.5 Å². The summed E-state index contributed by atoms with van der Waals surface area (Å²) < 4.78 is 0. The zero-order valence-corrected chi connectivity index (χ0v) is 18.2. The molecule has 0 aliphatic carbocycles. The Hall–Kier alpha value is -2.68. The quantitative estimate of drug-likeness (QED) is 0.281. The lowest BCUT2D eigenvalue weighted by molar-refractivity contribution is -0.151. The van der Waals surface area contributed by atoms with Gasteiger partial charge in [-0.05, 0) is 6.42 Å². The highest BCUT2D eigenvalue weighted by Gasteiger charge is 2.55. The number of nitrogen functional groups attached to an aromatic ring is 1. The van der Waals surface area contributed by atoms with E-state index >= 15 is 0 Å². The molecule has 3 atom stereocenters. The predicted molar refractivity (Wildman–Crippen MR) is 112 cm³/mol. The van der Waals surface area contributed by atoms with E-state index in [-0.39, 0.29) is 28.3 Å². The van der Waals surface area contributed by atoms with E-state index in [1.807, 2.05) is 0 Å². The van der Waals surface area contributed by atoms with Gasteiger partial charge in [-0.2, -0.15) is 5.06 Å². The number of hydrogen-bond donors (Lipinski definition) is 3. The van der Waals surface area contributed by atoms with Crippen LogP contribution in [0, 0.1) is 0 Å². The van der Waals surface area contributed by atoms with E-state index < -0.39 is 29.2 Å². The summed E-state index contributed by atoms with van der Waals surface area (Å²) in [6.07, 6.45) is 0.255. The molecule has 0 bridgehead atoms. The van der Waals surface area contributed by atoms with Crippen LogP contribution in [0.15, 0.2) is 21.8 Å². The maximum atomic E-state index is 12.8. The molecule has 14 heteroatoms. The maximum absolute atomic E-state index is 12.8. The van der Waals surface area contributed by atoms with E-state index in [1.165, 1.54) is 23.8 Å². The number of thioether (sulfide) groups is 1. The average molecular weight is 469 g/mol. The van der Waals surface area contributed by atoms with Crippen molar-refractivity contribution in [2.24, 2.45) is 5.16 Å². The van der Waals surface area contributed by atoms with Gasteiger partial charge >= 0.3 is 5.97 Å². The minimum Gasteiger partial charge on any atom is -0.477 e. The first-order chi connectivity index (χ1) is 14.8. The molecule has 1 aromatic heterocycles. The summed E-state index contributed by atoms with van der Waals surface area (Å²) in [7, 11) is 3.06. The van der Waals surface area contributed by atoms with E-state index in [1.54, 1.807) is 17.5 Å². The molecular weight excluding hydrogens is 448 g/mol. The van der Waals surface area contributed by atoms with Crippen LogP contribution < -0.4 is 11.1 Å². The molecule has 0 radical (unpaired) electrons. The van der Waals surface area contributed by atoms with Gasteiger partial charge in [-0.15, -0.1) is 23.1 Å². The SMILES string of the molecule is CO/N=C(\C(=O)NC1C(=O)N2C(C(=O)O)=C([C@H]3CCN(C)O3)CSC12)c1csc(N)n1. The van der Waals surface area contributed by atoms with Crippen molar-refractivity contribution in [3.63, 3.8) is 0 Å². The van der Waals surface area contributed by atoms with Gasteiger partial charge in [-0.25, -0.2) is 9.78 Å². The third-order valence-corrected chi connectivity index (χ3v) is 7.03. The Kier molecular flexibility index (Phi) is 5.88. The number of hydroxylamine groups is 2. The number of carbonyl (C=O) groups excluding carboxylic acids is 2. The zero-order chi connectivity index (χ0) is 22.3. The maximum Gasteiger partial charge on any atom is 0.352 e. The van der Waals surface area contributed by atoms with Crippen LogP contribution in [0.4, 0.5) is 5.13 Å². The number of oxime groups is 1. The van der Waals surface area contributed by atoms with Gasteiger partial charge in [0, 0.05) is 30.3 Å². The van der Waals surface area contributed by atoms with Gasteiger partial charge in [-0.3, -0.25) is 19.3 Å². The number of anilines is 1. The number of hydrogen-bond acceptors (Lipinski definition) is 11. The van der Waals surface area contributed by atoms with E-state index in [4.69, 9.17) is 15.4 Å². The molecule has 3 aliphatic heterocycles. The molecule has 0 spiro atoms. The number of nitrogens with zero attached hydrogens (tertiary/aromatic N) is 4. The molecule has 2 unspecified atom stereocenters. The van der Waals surface area contributed by atoms with Crippen LogP contribution in [-0.2, 0) is 24.1 Å². The summed E-state index contributed by atoms with van der Waals surface area (Å²) in [5, 5.41) is 19.0. The molecule has 2 fully saturated rings. The second kappa shape index (κ2) is 8.45. The van der Waals surface area contributed by atoms with Crippen molar-refractivity contribution in [2.45, 2.75) is 23.9 Å². The van der Waals surface area contributed by atoms with E-state index in [2.05, 4.69) is 15.5 Å². The molecule has 4 N–H and O–H groups in total. The van der Waals surface area contributed by atoms with Gasteiger partial charge in [0.1, 0.15) is 36.0 Å². The number of β-lactam (4-membered cyclic amide) rings is 1. The molecule has 31 heavy (non-hydrogen) atoms. The standard InChI is InChI=1S/C17H20N6O6S2/c1-22-4-3-9(29-22)7-5-30-15-11(14(25)23(15)12(7)16(26)27)20-13(24)10(21-28-2)8-6-31-17(18)19-8/h6,9,11,15H,3-5H2,1-2H3,(H2,18,19)(H,20,24)(H,26,27)/b21-10-/t9-,11?,15?/m1/s1. The fraction of sp³-hybridized carbons (Fsp3) is 0.471. The summed E-state index contributed by atoms with van der Waals surface area (Å²) in [5.41, 5.74) is 6.21. The number of thiazole rings is 1. The summed E-state index contributed by atoms with van der Waals surface area (Å²) >= 11 is 2.51. The van der Waals surface area contributed by atoms with Crippen molar-refractivity contribution in [1.29, 1.82) is 0 Å². The Morgan fingerprint density at radius 2 is 2.26 bits per heavy atom. The smallest absolute Gasteiger partial charge is 0.352 e. The Morgan fingerprint density at radius 1 is 1.48 bits per heavy atom. The molecule has 1 aromatic rings. The van der Waals surface area contributed by atoms with Gasteiger partial charge in [-0.1, -0.05) is 5.16 Å². The minimum atomic E-state index is -1.20. The number of aromatic nitrogens is 1. The summed E-state index contributed by atoms with van der Waals surface area (Å²) in [6.45, 7) is 0.671. The lowest BCUT2D eigenvalue weighted by atomic mass is 9.99. The van der Waals surface area contributed by atoms with Crippen molar-refractivity contribution in [3.8, 4) is 0 Å². The number of nitrogens with one attached hydrogen (secondary N) is 1. The van der Waals surface area contributed by atoms with E-state index in [0.717, 1.165) is 11.3 Å². The fourth-order valence-corrected chi connectivity index (χ4v) is 5.61. The molecule has 4 rings (SSSR count). The monoisotopic (exact) mass is 468 g/mol. The van der Waals surface area contributed by atoms with Crippen LogP contribution in [0.1, 0.15) is 12.1 Å². The summed E-state index contributed by atoms with van der Waals surface area (Å²) in [6, 6.07) is -0.904. The Bertz CT molecular complexity index is 994. The highest BCUT2D eigenvalue weighted by molar-refractivity contribution is 8.00. The predicted octanol–water partition coefficient (Wildman–Crippen LogP) is -0.550. The first-order valence-corrected chi connectivity index (χ1v) is 11.2. The molecule has 166 valence electrons. The number of carboxylic acid groups (broad SMARTS) is 1. The Morgan fingerprint density at radius 3 is 2.84 bits per heavy atom. The van der Waals surface area contributed by atoms with Crippen molar-refractivity contribution >= 4 is 51.7 Å². The van der Waals surface area contributed by atoms with Crippen LogP contribution in [0.25, 0.3) is 0 Å². The molecular formula is C17H20N6O6S2. The van der Waals surface area contributed by atoms with Crippen LogP contribution in [0.2, 0.25) is 0 Å². The van der Waals surface area contributed by atoms with Crippen LogP contribution in [-0.4, -0.2) is 87.5 Å². The van der Waals surface area contributed by atoms with Crippen molar-refractivity contribution in [2.75, 3.05) is 32.2 Å². The summed E-state index contributed by atoms with van der Waals surface area (Å²) in [4.78, 5) is 53.2. The van der Waals surface area contributed by atoms with Crippen molar-refractivity contribution in [1.82, 2.24) is 20.3 Å². The molecule has 0 saturated carbocycles. The normalized spacial score (nSPS) is 26.5. The zero-order valence-electron chi connectivity index (χ0n) is 16.6. The third-order valence-electron chi connectivity index (χ3n) is 5.05. The van der Waals surface area contributed by atoms with Gasteiger partial charge in [0.2, 0.25) is 0 Å². The first-order valence-electron chi connectivity index (χ1n) is 9.24. The number of carboxylic acids is 1. The highest BCUT2D eigenvalue weighted by Crippen LogP contribution is 2.42. The second-order valence-electron chi connectivity index (χ2n) is 6.97. The number of rotatable bonds is 6. The van der Waals surface area contributed by atoms with Crippen LogP contribution in [0.5, 0.6) is 0 Å². The average Bonchev–Trinajstić information content (AvgIpc) is 3.36. The molecule has 12 nitrogen and oxygen atoms in total. The lowest BCUT2D eigenvalue weighted by Gasteiger charge is -2.49. The van der Waals surface area contributed by atoms with Crippen LogP contribution in [0.3, 0.4) is 0 Å². The number of aliphatic carboxylic acids is 1. The number of amides is 2. The summed E-state index contributed by atoms with van der Waals surface area (Å²) in [5.74, 6) is -2.00. The van der Waals surface area contributed by atoms with Gasteiger partial charge in [0.05, 0.1) is 0 Å². The third kappa shape index (κ3) is 3.86. The second-order valence-corrected chi connectivity index (χ2v) is 8.96. The number of carbonyl (C=O) groups is 3.